The smallest absolute Gasteiger partial charge is 0.303 e. The number of ketones is 1. The Labute approximate surface area is 308 Å². The Hall–Kier alpha value is -2.52. The molecule has 1 aromatic carbocycles. The molecule has 280 valence electrons. The Kier molecular flexibility index (Phi) is 10.8. The van der Waals surface area contributed by atoms with Gasteiger partial charge >= 0.3 is 5.97 Å². The number of benzene rings is 1. The lowest BCUT2D eigenvalue weighted by Gasteiger charge is -2.64. The van der Waals surface area contributed by atoms with Crippen molar-refractivity contribution in [1.29, 1.82) is 0 Å². The zero-order valence-corrected chi connectivity index (χ0v) is 32.1. The molecule has 6 rings (SSSR count). The van der Waals surface area contributed by atoms with Gasteiger partial charge in [-0.1, -0.05) is 44.5 Å². The summed E-state index contributed by atoms with van der Waals surface area (Å²) in [5, 5.41) is 49.1. The molecule has 2 aromatic rings. The monoisotopic (exact) mass is 722 g/mol. The van der Waals surface area contributed by atoms with Gasteiger partial charge < -0.3 is 25.7 Å². The first-order chi connectivity index (χ1) is 24.0. The van der Waals surface area contributed by atoms with Crippen LogP contribution < -0.4 is 5.32 Å². The first-order valence-electron chi connectivity index (χ1n) is 19.3. The number of anilines is 1. The Balaban J connectivity index is 1.10. The van der Waals surface area contributed by atoms with E-state index in [1.165, 1.54) is 0 Å². The van der Waals surface area contributed by atoms with E-state index < -0.39 is 23.8 Å². The number of aliphatic hydroxyl groups is 3. The first-order valence-corrected chi connectivity index (χ1v) is 19.6. The predicted octanol–water partition coefficient (Wildman–Crippen LogP) is 7.93. The van der Waals surface area contributed by atoms with Crippen molar-refractivity contribution < 1.29 is 30.0 Å². The van der Waals surface area contributed by atoms with Crippen molar-refractivity contribution >= 4 is 29.0 Å². The van der Waals surface area contributed by atoms with Crippen LogP contribution >= 0.6 is 11.6 Å². The molecule has 8 nitrogen and oxygen atoms in total. The maximum absolute atomic E-state index is 12.3. The predicted molar refractivity (Wildman–Crippen MR) is 200 cm³/mol. The summed E-state index contributed by atoms with van der Waals surface area (Å²) < 4.78 is 0. The van der Waals surface area contributed by atoms with Crippen LogP contribution in [0.15, 0.2) is 24.3 Å². The number of pyridine rings is 1. The summed E-state index contributed by atoms with van der Waals surface area (Å²) in [6.07, 6.45) is 6.64. The molecule has 1 aromatic heterocycles. The average Bonchev–Trinajstić information content (AvgIpc) is 3.41. The van der Waals surface area contributed by atoms with Crippen LogP contribution in [0.3, 0.4) is 0 Å². The lowest BCUT2D eigenvalue weighted by Crippen LogP contribution is -2.63. The number of rotatable bonds is 11. The van der Waals surface area contributed by atoms with Gasteiger partial charge in [-0.3, -0.25) is 14.6 Å². The number of aliphatic carboxylic acids is 1. The zero-order chi connectivity index (χ0) is 37.0. The number of fused-ring (bicyclic) bond motifs is 5. The molecule has 9 heteroatoms. The van der Waals surface area contributed by atoms with Crippen LogP contribution in [0.2, 0.25) is 5.02 Å². The van der Waals surface area contributed by atoms with Crippen molar-refractivity contribution in [3.63, 3.8) is 0 Å². The van der Waals surface area contributed by atoms with Gasteiger partial charge in [0, 0.05) is 29.4 Å². The average molecular weight is 723 g/mol. The van der Waals surface area contributed by atoms with Gasteiger partial charge in [0.05, 0.1) is 29.1 Å². The van der Waals surface area contributed by atoms with Crippen molar-refractivity contribution in [1.82, 2.24) is 4.98 Å². The molecule has 0 bridgehead atoms. The minimum atomic E-state index is -0.830. The molecule has 5 N–H and O–H groups in total. The summed E-state index contributed by atoms with van der Waals surface area (Å²) in [5.41, 5.74) is 3.68. The van der Waals surface area contributed by atoms with E-state index >= 15 is 0 Å². The molecule has 11 atom stereocenters. The third-order valence-corrected chi connectivity index (χ3v) is 15.0. The van der Waals surface area contributed by atoms with Crippen molar-refractivity contribution in [2.45, 2.75) is 137 Å². The number of aromatic nitrogens is 1. The molecular formula is C42H59ClN2O6. The van der Waals surface area contributed by atoms with Crippen LogP contribution in [0.1, 0.15) is 125 Å². The van der Waals surface area contributed by atoms with Crippen molar-refractivity contribution in [2.75, 3.05) is 5.32 Å². The number of aliphatic hydroxyl groups excluding tert-OH is 2. The fraction of sp³-hybridized carbons (Fsp3) is 0.690. The second kappa shape index (κ2) is 14.4. The molecule has 0 saturated heterocycles. The maximum Gasteiger partial charge on any atom is 0.303 e. The van der Waals surface area contributed by atoms with E-state index in [9.17, 15) is 30.0 Å². The standard InChI is InChI=1S/C42H59ClN2O6/c1-23(7-12-37(49)50)30-10-11-31-39-32(20-36(48)41(30,31)6)40(5)15-16-42(51,21-29(40)19-35(39)47)14-13-27-8-9-28(33(43)18-27)22-44-34-17-24(2)45-25(3)38(34)26(4)46/h8-9,17-18,23,29-32,35-36,39,47-48,51H,7,10-16,19-22H2,1-6H3,(H,44,45)(H,49,50)/t23-,29?,30-,31?,32?,35-,36+,39?,40+,41-,42-/m1/s1. The van der Waals surface area contributed by atoms with E-state index in [0.717, 1.165) is 41.8 Å². The fourth-order valence-electron chi connectivity index (χ4n) is 11.9. The second-order valence-corrected chi connectivity index (χ2v) is 17.9. The van der Waals surface area contributed by atoms with Crippen molar-refractivity contribution in [2.24, 2.45) is 46.3 Å². The van der Waals surface area contributed by atoms with Gasteiger partial charge in [-0.2, -0.15) is 0 Å². The van der Waals surface area contributed by atoms with Crippen LogP contribution in [-0.2, 0) is 17.8 Å². The first kappa shape index (κ1) is 38.2. The summed E-state index contributed by atoms with van der Waals surface area (Å²) in [6.45, 7) is 12.5. The normalized spacial score (nSPS) is 36.5. The van der Waals surface area contributed by atoms with Crippen LogP contribution in [0.5, 0.6) is 0 Å². The van der Waals surface area contributed by atoms with Crippen molar-refractivity contribution in [3.05, 3.63) is 57.4 Å². The molecule has 0 radical (unpaired) electrons. The third-order valence-electron chi connectivity index (χ3n) is 14.7. The van der Waals surface area contributed by atoms with Gasteiger partial charge in [0.1, 0.15) is 0 Å². The van der Waals surface area contributed by atoms with Gasteiger partial charge in [0.25, 0.3) is 0 Å². The molecule has 4 saturated carbocycles. The summed E-state index contributed by atoms with van der Waals surface area (Å²) >= 11 is 6.77. The van der Waals surface area contributed by atoms with Gasteiger partial charge in [-0.15, -0.1) is 0 Å². The highest BCUT2D eigenvalue weighted by Crippen LogP contribution is 2.69. The summed E-state index contributed by atoms with van der Waals surface area (Å²) in [7, 11) is 0. The van der Waals surface area contributed by atoms with E-state index in [2.05, 4.69) is 37.1 Å². The zero-order valence-electron chi connectivity index (χ0n) is 31.3. The molecule has 4 unspecified atom stereocenters. The molecule has 4 aliphatic carbocycles. The quantitative estimate of drug-likeness (QED) is 0.147. The van der Waals surface area contributed by atoms with Crippen LogP contribution in [0.25, 0.3) is 0 Å². The SMILES string of the molecule is CC(=O)c1c(NCc2ccc(CC[C@@]3(O)CC[C@@]4(C)C(C[C@@H](O)C5C4C[C@H](O)[C@@]4(C)C5CC[C@@H]4[C@H](C)CCC(=O)O)C3)cc2Cl)cc(C)nc1C. The number of carbonyl (C=O) groups excluding carboxylic acids is 1. The number of nitrogens with one attached hydrogen (secondary N) is 1. The van der Waals surface area contributed by atoms with E-state index in [-0.39, 0.29) is 58.5 Å². The minimum Gasteiger partial charge on any atom is -0.481 e. The van der Waals surface area contributed by atoms with Crippen molar-refractivity contribution in [3.8, 4) is 0 Å². The topological polar surface area (TPSA) is 140 Å². The number of aryl methyl sites for hydroxylation is 3. The summed E-state index contributed by atoms with van der Waals surface area (Å²) in [6, 6.07) is 7.96. The third kappa shape index (κ3) is 7.12. The highest BCUT2D eigenvalue weighted by molar-refractivity contribution is 6.31. The van der Waals surface area contributed by atoms with Gasteiger partial charge in [-0.05, 0) is 155 Å². The van der Waals surface area contributed by atoms with E-state index in [4.69, 9.17) is 11.6 Å². The number of hydrogen-bond acceptors (Lipinski definition) is 7. The fourth-order valence-corrected chi connectivity index (χ4v) is 12.1. The summed E-state index contributed by atoms with van der Waals surface area (Å²) in [4.78, 5) is 28.0. The van der Waals surface area contributed by atoms with Crippen LogP contribution in [0.4, 0.5) is 5.69 Å². The number of carboxylic acid groups (broad SMARTS) is 1. The number of hydrogen-bond donors (Lipinski definition) is 5. The molecule has 0 aliphatic heterocycles. The molecule has 51 heavy (non-hydrogen) atoms. The Morgan fingerprint density at radius 2 is 1.82 bits per heavy atom. The lowest BCUT2D eigenvalue weighted by molar-refractivity contribution is -0.216. The molecule has 0 amide bonds. The van der Waals surface area contributed by atoms with Gasteiger partial charge in [0.15, 0.2) is 5.78 Å². The highest BCUT2D eigenvalue weighted by Gasteiger charge is 2.66. The van der Waals surface area contributed by atoms with Gasteiger partial charge in [0.2, 0.25) is 0 Å². The largest absolute Gasteiger partial charge is 0.481 e. The lowest BCUT2D eigenvalue weighted by atomic mass is 9.42. The number of carboxylic acids is 1. The highest BCUT2D eigenvalue weighted by atomic mass is 35.5. The Morgan fingerprint density at radius 1 is 1.08 bits per heavy atom. The molecule has 1 heterocycles. The Bertz CT molecular complexity index is 1650. The Morgan fingerprint density at radius 3 is 2.51 bits per heavy atom. The van der Waals surface area contributed by atoms with Crippen LogP contribution in [0, 0.1) is 60.2 Å². The van der Waals surface area contributed by atoms with Gasteiger partial charge in [-0.25, -0.2) is 0 Å². The second-order valence-electron chi connectivity index (χ2n) is 17.5. The molecular weight excluding hydrogens is 664 g/mol. The molecule has 0 spiro atoms. The number of Topliss-reactive ketones (excluding diaryl/α,β-unsaturated/α-hetero) is 1. The number of halogens is 1. The van der Waals surface area contributed by atoms with Crippen LogP contribution in [-0.4, -0.2) is 55.0 Å². The van der Waals surface area contributed by atoms with E-state index in [1.54, 1.807) is 6.92 Å². The number of nitrogens with zero attached hydrogens (tertiary/aromatic N) is 1. The maximum atomic E-state index is 12.3. The molecule has 4 aliphatic rings. The molecule has 4 fully saturated rings. The minimum absolute atomic E-state index is 0.0323. The van der Waals surface area contributed by atoms with E-state index in [1.807, 2.05) is 32.0 Å². The van der Waals surface area contributed by atoms with E-state index in [0.29, 0.717) is 67.8 Å². The summed E-state index contributed by atoms with van der Waals surface area (Å²) in [5.74, 6) is 0.368. The number of carbonyl (C=O) groups is 2.